The highest BCUT2D eigenvalue weighted by molar-refractivity contribution is 6.31. The Kier molecular flexibility index (Phi) is 6.33. The van der Waals surface area contributed by atoms with Crippen molar-refractivity contribution in [2.45, 2.75) is 19.5 Å². The molecular weight excluding hydrogens is 442 g/mol. The average Bonchev–Trinajstić information content (AvgIpc) is 2.82. The van der Waals surface area contributed by atoms with Gasteiger partial charge in [-0.05, 0) is 42.8 Å². The Bertz CT molecular complexity index is 1440. The number of methoxy groups -OCH3 is 1. The number of fused-ring (bicyclic) bond motifs is 1. The maximum absolute atomic E-state index is 13.5. The van der Waals surface area contributed by atoms with E-state index in [-0.39, 0.29) is 23.9 Å². The first-order valence-electron chi connectivity index (χ1n) is 10.3. The van der Waals surface area contributed by atoms with E-state index < -0.39 is 11.2 Å². The second-order valence-corrected chi connectivity index (χ2v) is 8.01. The summed E-state index contributed by atoms with van der Waals surface area (Å²) >= 11 is 6.15. The molecule has 1 amide bonds. The molecule has 0 saturated heterocycles. The molecule has 0 fully saturated rings. The van der Waals surface area contributed by atoms with E-state index in [0.717, 1.165) is 10.1 Å². The smallest absolute Gasteiger partial charge is 0.336 e. The van der Waals surface area contributed by atoms with Gasteiger partial charge in [0.1, 0.15) is 12.3 Å². The lowest BCUT2D eigenvalue weighted by atomic mass is 10.1. The van der Waals surface area contributed by atoms with Crippen molar-refractivity contribution in [2.24, 2.45) is 0 Å². The van der Waals surface area contributed by atoms with Gasteiger partial charge >= 0.3 is 5.69 Å². The number of nitrogens with one attached hydrogen (secondary N) is 1. The van der Waals surface area contributed by atoms with Crippen LogP contribution in [0.1, 0.15) is 18.5 Å². The molecular formula is C25H22ClN3O4. The molecule has 7 nitrogen and oxygen atoms in total. The SMILES string of the molecule is COc1cccc(-n2c(=O)c3ccc(Cl)cc3n(CC(=O)NC(C)c3ccccc3)c2=O)c1. The number of carbonyl (C=O) groups excluding carboxylic acids is 1. The first kappa shape index (κ1) is 22.4. The number of hydrogen-bond acceptors (Lipinski definition) is 4. The van der Waals surface area contributed by atoms with Gasteiger partial charge in [0.2, 0.25) is 5.91 Å². The summed E-state index contributed by atoms with van der Waals surface area (Å²) in [6.45, 7) is 1.58. The van der Waals surface area contributed by atoms with Crippen molar-refractivity contribution in [1.82, 2.24) is 14.5 Å². The summed E-state index contributed by atoms with van der Waals surface area (Å²) in [6.07, 6.45) is 0. The van der Waals surface area contributed by atoms with Crippen molar-refractivity contribution in [3.05, 3.63) is 104 Å². The van der Waals surface area contributed by atoms with Gasteiger partial charge in [0.15, 0.2) is 0 Å². The number of hydrogen-bond donors (Lipinski definition) is 1. The van der Waals surface area contributed by atoms with E-state index in [1.54, 1.807) is 36.4 Å². The lowest BCUT2D eigenvalue weighted by molar-refractivity contribution is -0.122. The molecule has 1 atom stereocenters. The standard InChI is InChI=1S/C25H22ClN3O4/c1-16(17-7-4-3-5-8-17)27-23(30)15-28-22-13-18(26)11-12-21(22)24(31)29(25(28)32)19-9-6-10-20(14-19)33-2/h3-14,16H,15H2,1-2H3,(H,27,30). The fraction of sp³-hybridized carbons (Fsp3) is 0.160. The predicted molar refractivity (Wildman–Crippen MR) is 128 cm³/mol. The molecule has 1 aromatic heterocycles. The second-order valence-electron chi connectivity index (χ2n) is 7.57. The molecule has 3 aromatic carbocycles. The van der Waals surface area contributed by atoms with Crippen LogP contribution in [-0.4, -0.2) is 22.2 Å². The molecule has 33 heavy (non-hydrogen) atoms. The second kappa shape index (κ2) is 9.34. The van der Waals surface area contributed by atoms with Gasteiger partial charge in [0, 0.05) is 11.1 Å². The summed E-state index contributed by atoms with van der Waals surface area (Å²) in [5.74, 6) is 0.126. The van der Waals surface area contributed by atoms with Crippen LogP contribution >= 0.6 is 11.6 Å². The zero-order valence-electron chi connectivity index (χ0n) is 18.1. The third-order valence-corrected chi connectivity index (χ3v) is 5.63. The Morgan fingerprint density at radius 1 is 1.03 bits per heavy atom. The summed E-state index contributed by atoms with van der Waals surface area (Å²) in [5.41, 5.74) is 0.416. The molecule has 1 unspecified atom stereocenters. The van der Waals surface area contributed by atoms with E-state index in [4.69, 9.17) is 16.3 Å². The van der Waals surface area contributed by atoms with Gasteiger partial charge in [-0.1, -0.05) is 48.0 Å². The Morgan fingerprint density at radius 2 is 1.79 bits per heavy atom. The lowest BCUT2D eigenvalue weighted by Gasteiger charge is -2.17. The molecule has 1 N–H and O–H groups in total. The van der Waals surface area contributed by atoms with Crippen molar-refractivity contribution >= 4 is 28.4 Å². The van der Waals surface area contributed by atoms with Crippen LogP contribution < -0.4 is 21.3 Å². The van der Waals surface area contributed by atoms with E-state index in [0.29, 0.717) is 22.0 Å². The molecule has 0 spiro atoms. The van der Waals surface area contributed by atoms with E-state index in [9.17, 15) is 14.4 Å². The minimum absolute atomic E-state index is 0.256. The van der Waals surface area contributed by atoms with E-state index in [2.05, 4.69) is 5.32 Å². The van der Waals surface area contributed by atoms with Gasteiger partial charge in [-0.3, -0.25) is 14.2 Å². The zero-order valence-corrected chi connectivity index (χ0v) is 18.9. The first-order chi connectivity index (χ1) is 15.9. The Morgan fingerprint density at radius 3 is 2.52 bits per heavy atom. The monoisotopic (exact) mass is 463 g/mol. The summed E-state index contributed by atoms with van der Waals surface area (Å²) < 4.78 is 7.53. The number of nitrogens with zero attached hydrogens (tertiary/aromatic N) is 2. The predicted octanol–water partition coefficient (Wildman–Crippen LogP) is 3.69. The van der Waals surface area contributed by atoms with Gasteiger partial charge < -0.3 is 10.1 Å². The molecule has 0 saturated carbocycles. The Hall–Kier alpha value is -3.84. The van der Waals surface area contributed by atoms with E-state index >= 15 is 0 Å². The van der Waals surface area contributed by atoms with E-state index in [1.165, 1.54) is 17.7 Å². The van der Waals surface area contributed by atoms with Crippen LogP contribution in [0, 0.1) is 0 Å². The van der Waals surface area contributed by atoms with Gasteiger partial charge in [-0.25, -0.2) is 9.36 Å². The normalized spacial score (nSPS) is 11.8. The van der Waals surface area contributed by atoms with Crippen LogP contribution in [0.3, 0.4) is 0 Å². The van der Waals surface area contributed by atoms with Crippen LogP contribution in [0.4, 0.5) is 0 Å². The average molecular weight is 464 g/mol. The molecule has 1 heterocycles. The highest BCUT2D eigenvalue weighted by atomic mass is 35.5. The molecule has 4 aromatic rings. The van der Waals surface area contributed by atoms with Gasteiger partial charge in [0.25, 0.3) is 5.56 Å². The number of amides is 1. The molecule has 0 aliphatic carbocycles. The van der Waals surface area contributed by atoms with Crippen LogP contribution in [0.15, 0.2) is 82.4 Å². The number of benzene rings is 3. The maximum atomic E-state index is 13.5. The largest absolute Gasteiger partial charge is 0.497 e. The van der Waals surface area contributed by atoms with Crippen molar-refractivity contribution < 1.29 is 9.53 Å². The van der Waals surface area contributed by atoms with Gasteiger partial charge in [0.05, 0.1) is 29.7 Å². The van der Waals surface area contributed by atoms with Crippen molar-refractivity contribution in [2.75, 3.05) is 7.11 Å². The molecule has 8 heteroatoms. The summed E-state index contributed by atoms with van der Waals surface area (Å²) in [7, 11) is 1.50. The minimum Gasteiger partial charge on any atom is -0.497 e. The number of ether oxygens (including phenoxy) is 1. The molecule has 0 radical (unpaired) electrons. The maximum Gasteiger partial charge on any atom is 0.336 e. The topological polar surface area (TPSA) is 82.3 Å². The molecule has 0 bridgehead atoms. The zero-order chi connectivity index (χ0) is 23.5. The third-order valence-electron chi connectivity index (χ3n) is 5.40. The van der Waals surface area contributed by atoms with Crippen molar-refractivity contribution in [1.29, 1.82) is 0 Å². The summed E-state index contributed by atoms with van der Waals surface area (Å²) in [5, 5.41) is 3.53. The fourth-order valence-electron chi connectivity index (χ4n) is 3.73. The van der Waals surface area contributed by atoms with E-state index in [1.807, 2.05) is 37.3 Å². The van der Waals surface area contributed by atoms with Crippen LogP contribution in [0.2, 0.25) is 5.02 Å². The van der Waals surface area contributed by atoms with Crippen LogP contribution in [-0.2, 0) is 11.3 Å². The summed E-state index contributed by atoms with van der Waals surface area (Å²) in [4.78, 5) is 39.6. The number of halogens is 1. The highest BCUT2D eigenvalue weighted by Gasteiger charge is 2.18. The van der Waals surface area contributed by atoms with Crippen LogP contribution in [0.25, 0.3) is 16.6 Å². The minimum atomic E-state index is -0.648. The summed E-state index contributed by atoms with van der Waals surface area (Å²) in [6, 6.07) is 20.5. The van der Waals surface area contributed by atoms with Crippen molar-refractivity contribution in [3.8, 4) is 11.4 Å². The van der Waals surface area contributed by atoms with Crippen molar-refractivity contribution in [3.63, 3.8) is 0 Å². The number of rotatable bonds is 6. The molecule has 4 rings (SSSR count). The first-order valence-corrected chi connectivity index (χ1v) is 10.7. The highest BCUT2D eigenvalue weighted by Crippen LogP contribution is 2.19. The van der Waals surface area contributed by atoms with Gasteiger partial charge in [-0.2, -0.15) is 0 Å². The van der Waals surface area contributed by atoms with Crippen LogP contribution in [0.5, 0.6) is 5.75 Å². The molecule has 0 aliphatic rings. The number of carbonyl (C=O) groups is 1. The quantitative estimate of drug-likeness (QED) is 0.472. The fourth-order valence-corrected chi connectivity index (χ4v) is 3.89. The third kappa shape index (κ3) is 4.54. The number of aromatic nitrogens is 2. The Labute approximate surface area is 194 Å². The molecule has 168 valence electrons. The Balaban J connectivity index is 1.81. The molecule has 0 aliphatic heterocycles. The lowest BCUT2D eigenvalue weighted by Crippen LogP contribution is -2.42. The van der Waals surface area contributed by atoms with Gasteiger partial charge in [-0.15, -0.1) is 0 Å².